The molecule has 0 radical (unpaired) electrons. The van der Waals surface area contributed by atoms with Crippen molar-refractivity contribution in [2.45, 2.75) is 45.2 Å². The van der Waals surface area contributed by atoms with Crippen LogP contribution >= 0.6 is 0 Å². The largest absolute Gasteiger partial charge is 0.394 e. The van der Waals surface area contributed by atoms with Gasteiger partial charge in [-0.2, -0.15) is 0 Å². The molecule has 4 nitrogen and oxygen atoms in total. The third kappa shape index (κ3) is 4.67. The summed E-state index contributed by atoms with van der Waals surface area (Å²) in [6, 6.07) is 2.61. The van der Waals surface area contributed by atoms with Crippen molar-refractivity contribution in [3.63, 3.8) is 0 Å². The Bertz CT molecular complexity index is 497. The molecule has 2 unspecified atom stereocenters. The van der Waals surface area contributed by atoms with E-state index in [9.17, 15) is 18.7 Å². The maximum atomic E-state index is 13.6. The number of carbonyl (C=O) groups excluding carboxylic acids is 1. The first-order valence-electron chi connectivity index (χ1n) is 6.96. The van der Waals surface area contributed by atoms with Crippen LogP contribution < -0.4 is 10.6 Å². The zero-order chi connectivity index (χ0) is 16.0. The highest BCUT2D eigenvalue weighted by Crippen LogP contribution is 2.19. The Hall–Kier alpha value is -1.69. The topological polar surface area (TPSA) is 61.4 Å². The van der Waals surface area contributed by atoms with Crippen LogP contribution in [0.25, 0.3) is 0 Å². The van der Waals surface area contributed by atoms with Crippen molar-refractivity contribution in [2.24, 2.45) is 0 Å². The second-order valence-electron chi connectivity index (χ2n) is 5.43. The molecule has 21 heavy (non-hydrogen) atoms. The molecule has 0 spiro atoms. The zero-order valence-electron chi connectivity index (χ0n) is 12.5. The molecule has 1 aromatic rings. The van der Waals surface area contributed by atoms with E-state index in [4.69, 9.17) is 0 Å². The number of benzene rings is 1. The molecule has 6 heteroatoms. The van der Waals surface area contributed by atoms with E-state index in [1.807, 2.05) is 6.92 Å². The average Bonchev–Trinajstić information content (AvgIpc) is 2.41. The highest BCUT2D eigenvalue weighted by atomic mass is 19.2. The van der Waals surface area contributed by atoms with Crippen molar-refractivity contribution < 1.29 is 18.7 Å². The van der Waals surface area contributed by atoms with E-state index in [1.165, 1.54) is 12.1 Å². The molecule has 0 aliphatic heterocycles. The fourth-order valence-electron chi connectivity index (χ4n) is 2.17. The second-order valence-corrected chi connectivity index (χ2v) is 5.43. The normalized spacial score (nSPS) is 15.1. The molecule has 0 heterocycles. The van der Waals surface area contributed by atoms with E-state index in [-0.39, 0.29) is 12.2 Å². The van der Waals surface area contributed by atoms with Crippen LogP contribution in [-0.2, 0) is 0 Å². The van der Waals surface area contributed by atoms with E-state index >= 15 is 0 Å². The molecule has 2 amide bonds. The molecule has 0 saturated heterocycles. The average molecular weight is 300 g/mol. The molecule has 0 saturated carbocycles. The molecule has 2 atom stereocenters. The summed E-state index contributed by atoms with van der Waals surface area (Å²) < 4.78 is 26.8. The van der Waals surface area contributed by atoms with Gasteiger partial charge in [0.2, 0.25) is 0 Å². The van der Waals surface area contributed by atoms with Crippen molar-refractivity contribution >= 4 is 6.03 Å². The van der Waals surface area contributed by atoms with Crippen LogP contribution in [0.3, 0.4) is 0 Å². The van der Waals surface area contributed by atoms with Gasteiger partial charge in [-0.1, -0.05) is 25.5 Å². The summed E-state index contributed by atoms with van der Waals surface area (Å²) in [4.78, 5) is 11.9. The number of aliphatic hydroxyl groups is 1. The van der Waals surface area contributed by atoms with E-state index in [0.717, 1.165) is 12.5 Å². The van der Waals surface area contributed by atoms with Gasteiger partial charge in [0, 0.05) is 5.56 Å². The summed E-state index contributed by atoms with van der Waals surface area (Å²) in [5, 5.41) is 14.6. The van der Waals surface area contributed by atoms with Gasteiger partial charge in [0.05, 0.1) is 18.2 Å². The van der Waals surface area contributed by atoms with Crippen LogP contribution in [0.1, 0.15) is 45.2 Å². The van der Waals surface area contributed by atoms with Gasteiger partial charge in [-0.3, -0.25) is 0 Å². The van der Waals surface area contributed by atoms with E-state index in [2.05, 4.69) is 10.6 Å². The molecule has 3 N–H and O–H groups in total. The van der Waals surface area contributed by atoms with Crippen molar-refractivity contribution in [1.82, 2.24) is 10.6 Å². The van der Waals surface area contributed by atoms with E-state index in [1.54, 1.807) is 13.8 Å². The summed E-state index contributed by atoms with van der Waals surface area (Å²) in [6.45, 7) is 5.03. The van der Waals surface area contributed by atoms with Crippen molar-refractivity contribution in [1.29, 1.82) is 0 Å². The van der Waals surface area contributed by atoms with Gasteiger partial charge in [-0.05, 0) is 26.3 Å². The predicted octanol–water partition coefficient (Wildman–Crippen LogP) is 2.88. The molecular weight excluding hydrogens is 278 g/mol. The number of amides is 2. The zero-order valence-corrected chi connectivity index (χ0v) is 12.5. The lowest BCUT2D eigenvalue weighted by Gasteiger charge is -2.29. The van der Waals surface area contributed by atoms with Gasteiger partial charge in [0.1, 0.15) is 0 Å². The maximum Gasteiger partial charge on any atom is 0.315 e. The van der Waals surface area contributed by atoms with Crippen LogP contribution in [0.15, 0.2) is 18.2 Å². The monoisotopic (exact) mass is 300 g/mol. The molecule has 0 fully saturated rings. The van der Waals surface area contributed by atoms with Gasteiger partial charge in [-0.25, -0.2) is 13.6 Å². The van der Waals surface area contributed by atoms with Gasteiger partial charge in [-0.15, -0.1) is 0 Å². The van der Waals surface area contributed by atoms with Gasteiger partial charge in [0.15, 0.2) is 11.6 Å². The molecule has 0 aromatic heterocycles. The van der Waals surface area contributed by atoms with E-state index < -0.39 is 29.2 Å². The molecular formula is C15H22F2N2O2. The third-order valence-electron chi connectivity index (χ3n) is 3.36. The first-order chi connectivity index (χ1) is 9.83. The summed E-state index contributed by atoms with van der Waals surface area (Å²) in [5.41, 5.74) is -0.662. The Kier molecular flexibility index (Phi) is 6.08. The van der Waals surface area contributed by atoms with Crippen molar-refractivity contribution in [3.05, 3.63) is 35.4 Å². The number of hydrogen-bond acceptors (Lipinski definition) is 2. The first kappa shape index (κ1) is 17.4. The summed E-state index contributed by atoms with van der Waals surface area (Å²) in [6.07, 6.45) is 1.41. The van der Waals surface area contributed by atoms with Crippen LogP contribution in [0.2, 0.25) is 0 Å². The Morgan fingerprint density at radius 1 is 1.43 bits per heavy atom. The summed E-state index contributed by atoms with van der Waals surface area (Å²) >= 11 is 0. The number of nitrogens with one attached hydrogen (secondary N) is 2. The summed E-state index contributed by atoms with van der Waals surface area (Å²) in [7, 11) is 0. The lowest BCUT2D eigenvalue weighted by atomic mass is 9.97. The quantitative estimate of drug-likeness (QED) is 0.756. The minimum Gasteiger partial charge on any atom is -0.394 e. The van der Waals surface area contributed by atoms with Crippen LogP contribution in [0.5, 0.6) is 0 Å². The Morgan fingerprint density at radius 2 is 2.10 bits per heavy atom. The Balaban J connectivity index is 2.72. The fourth-order valence-corrected chi connectivity index (χ4v) is 2.17. The summed E-state index contributed by atoms with van der Waals surface area (Å²) in [5.74, 6) is -1.92. The van der Waals surface area contributed by atoms with Crippen molar-refractivity contribution in [2.75, 3.05) is 6.61 Å². The van der Waals surface area contributed by atoms with E-state index in [0.29, 0.717) is 6.42 Å². The van der Waals surface area contributed by atoms with Crippen LogP contribution in [0.4, 0.5) is 13.6 Å². The molecule has 0 aliphatic rings. The number of hydrogen-bond donors (Lipinski definition) is 3. The number of halogens is 2. The maximum absolute atomic E-state index is 13.6. The van der Waals surface area contributed by atoms with Gasteiger partial charge < -0.3 is 15.7 Å². The number of aliphatic hydroxyl groups excluding tert-OH is 1. The minimum absolute atomic E-state index is 0.0753. The SMILES string of the molecule is CCCC(C)(CO)NC(=O)NC(C)c1cccc(F)c1F. The molecule has 0 bridgehead atoms. The highest BCUT2D eigenvalue weighted by molar-refractivity contribution is 5.75. The standard InChI is InChI=1S/C15H22F2N2O2/c1-4-8-15(3,9-20)19-14(21)18-10(2)11-6-5-7-12(16)13(11)17/h5-7,10,20H,4,8-9H2,1-3H3,(H2,18,19,21). The van der Waals surface area contributed by atoms with Gasteiger partial charge in [0.25, 0.3) is 0 Å². The highest BCUT2D eigenvalue weighted by Gasteiger charge is 2.25. The molecule has 1 aromatic carbocycles. The van der Waals surface area contributed by atoms with Crippen LogP contribution in [-0.4, -0.2) is 23.3 Å². The number of urea groups is 1. The second kappa shape index (κ2) is 7.36. The lowest BCUT2D eigenvalue weighted by molar-refractivity contribution is 0.162. The molecule has 1 rings (SSSR count). The molecule has 118 valence electrons. The number of carbonyl (C=O) groups is 1. The third-order valence-corrected chi connectivity index (χ3v) is 3.36. The number of rotatable bonds is 6. The Morgan fingerprint density at radius 3 is 2.67 bits per heavy atom. The van der Waals surface area contributed by atoms with Gasteiger partial charge >= 0.3 is 6.03 Å². The Labute approximate surface area is 123 Å². The first-order valence-corrected chi connectivity index (χ1v) is 6.96. The molecule has 0 aliphatic carbocycles. The predicted molar refractivity (Wildman–Crippen MR) is 76.8 cm³/mol. The van der Waals surface area contributed by atoms with Crippen LogP contribution in [0, 0.1) is 11.6 Å². The minimum atomic E-state index is -0.969. The fraction of sp³-hybridized carbons (Fsp3) is 0.533. The lowest BCUT2D eigenvalue weighted by Crippen LogP contribution is -2.52. The van der Waals surface area contributed by atoms with Crippen molar-refractivity contribution in [3.8, 4) is 0 Å². The smallest absolute Gasteiger partial charge is 0.315 e.